The van der Waals surface area contributed by atoms with Crippen LogP contribution in [0.3, 0.4) is 0 Å². The molecule has 0 N–H and O–H groups in total. The van der Waals surface area contributed by atoms with E-state index in [0.717, 1.165) is 27.0 Å². The summed E-state index contributed by atoms with van der Waals surface area (Å²) in [5, 5.41) is 1.81. The zero-order valence-electron chi connectivity index (χ0n) is 12.7. The van der Waals surface area contributed by atoms with E-state index in [9.17, 15) is 4.79 Å². The van der Waals surface area contributed by atoms with Crippen molar-refractivity contribution in [3.8, 4) is 10.6 Å². The lowest BCUT2D eigenvalue weighted by atomic mass is 10.2. The number of anilines is 1. The van der Waals surface area contributed by atoms with E-state index in [-0.39, 0.29) is 11.8 Å². The van der Waals surface area contributed by atoms with Crippen LogP contribution in [0.5, 0.6) is 0 Å². The SMILES string of the molecule is CSCC(C)C(=O)N(C)c1sc(-c2cccnc2)nc1C. The molecule has 0 aliphatic carbocycles. The third-order valence-electron chi connectivity index (χ3n) is 3.15. The Kier molecular flexibility index (Phi) is 5.36. The Bertz CT molecular complexity index is 613. The molecule has 0 spiro atoms. The summed E-state index contributed by atoms with van der Waals surface area (Å²) in [7, 11) is 1.83. The van der Waals surface area contributed by atoms with Gasteiger partial charge in [-0.2, -0.15) is 11.8 Å². The fourth-order valence-corrected chi connectivity index (χ4v) is 3.73. The maximum absolute atomic E-state index is 12.4. The molecule has 0 saturated carbocycles. The molecule has 2 rings (SSSR count). The Morgan fingerprint density at radius 3 is 2.90 bits per heavy atom. The number of aryl methyl sites for hydroxylation is 1. The van der Waals surface area contributed by atoms with Crippen LogP contribution in [0, 0.1) is 12.8 Å². The number of amides is 1. The van der Waals surface area contributed by atoms with Crippen molar-refractivity contribution >= 4 is 34.0 Å². The first-order chi connectivity index (χ1) is 10.0. The van der Waals surface area contributed by atoms with Crippen molar-refractivity contribution in [1.29, 1.82) is 0 Å². The minimum absolute atomic E-state index is 0.00772. The number of carbonyl (C=O) groups excluding carboxylic acids is 1. The van der Waals surface area contributed by atoms with Gasteiger partial charge in [-0.1, -0.05) is 18.3 Å². The van der Waals surface area contributed by atoms with E-state index in [2.05, 4.69) is 9.97 Å². The number of thiazole rings is 1. The van der Waals surface area contributed by atoms with Crippen molar-refractivity contribution in [2.45, 2.75) is 13.8 Å². The molecule has 112 valence electrons. The van der Waals surface area contributed by atoms with Gasteiger partial charge in [0.2, 0.25) is 5.91 Å². The van der Waals surface area contributed by atoms with Gasteiger partial charge in [-0.15, -0.1) is 0 Å². The Morgan fingerprint density at radius 2 is 2.29 bits per heavy atom. The van der Waals surface area contributed by atoms with Gasteiger partial charge < -0.3 is 4.90 Å². The highest BCUT2D eigenvalue weighted by molar-refractivity contribution is 7.98. The van der Waals surface area contributed by atoms with Crippen LogP contribution in [0.1, 0.15) is 12.6 Å². The van der Waals surface area contributed by atoms with Crippen LogP contribution < -0.4 is 4.90 Å². The molecular formula is C15H19N3OS2. The summed E-state index contributed by atoms with van der Waals surface area (Å²) in [5.41, 5.74) is 1.86. The number of pyridine rings is 1. The van der Waals surface area contributed by atoms with E-state index in [1.54, 1.807) is 29.1 Å². The second kappa shape index (κ2) is 7.04. The van der Waals surface area contributed by atoms with Crippen molar-refractivity contribution in [2.75, 3.05) is 24.0 Å². The number of hydrogen-bond acceptors (Lipinski definition) is 5. The Balaban J connectivity index is 2.25. The molecule has 1 atom stereocenters. The third kappa shape index (κ3) is 3.63. The molecular weight excluding hydrogens is 302 g/mol. The summed E-state index contributed by atoms with van der Waals surface area (Å²) < 4.78 is 0. The van der Waals surface area contributed by atoms with E-state index >= 15 is 0 Å². The standard InChI is InChI=1S/C15H19N3OS2/c1-10(9-20-4)14(19)18(3)15-11(2)17-13(21-15)12-6-5-7-16-8-12/h5-8,10H,9H2,1-4H3. The lowest BCUT2D eigenvalue weighted by Crippen LogP contribution is -2.32. The van der Waals surface area contributed by atoms with Crippen LogP contribution in [-0.2, 0) is 4.79 Å². The molecule has 0 fully saturated rings. The molecule has 0 aliphatic rings. The van der Waals surface area contributed by atoms with Gasteiger partial charge >= 0.3 is 0 Å². The van der Waals surface area contributed by atoms with Crippen molar-refractivity contribution in [3.63, 3.8) is 0 Å². The number of hydrogen-bond donors (Lipinski definition) is 0. The van der Waals surface area contributed by atoms with Crippen LogP contribution in [0.25, 0.3) is 10.6 Å². The highest BCUT2D eigenvalue weighted by Crippen LogP contribution is 2.34. The van der Waals surface area contributed by atoms with Crippen molar-refractivity contribution in [3.05, 3.63) is 30.2 Å². The van der Waals surface area contributed by atoms with E-state index < -0.39 is 0 Å². The maximum atomic E-state index is 12.4. The molecule has 0 radical (unpaired) electrons. The molecule has 2 aromatic heterocycles. The van der Waals surface area contributed by atoms with Gasteiger partial charge in [0.15, 0.2) is 0 Å². The predicted molar refractivity (Wildman–Crippen MR) is 91.0 cm³/mol. The zero-order chi connectivity index (χ0) is 15.4. The topological polar surface area (TPSA) is 46.1 Å². The normalized spacial score (nSPS) is 12.2. The van der Waals surface area contributed by atoms with Crippen LogP contribution >= 0.6 is 23.1 Å². The average Bonchev–Trinajstić information content (AvgIpc) is 2.89. The first kappa shape index (κ1) is 16.0. The van der Waals surface area contributed by atoms with Crippen molar-refractivity contribution < 1.29 is 4.79 Å². The summed E-state index contributed by atoms with van der Waals surface area (Å²) in [5.74, 6) is 0.971. The Morgan fingerprint density at radius 1 is 1.52 bits per heavy atom. The van der Waals surface area contributed by atoms with Crippen LogP contribution in [0.4, 0.5) is 5.00 Å². The second-order valence-corrected chi connectivity index (χ2v) is 6.79. The molecule has 2 heterocycles. The average molecular weight is 321 g/mol. The van der Waals surface area contributed by atoms with Gasteiger partial charge in [0.25, 0.3) is 0 Å². The largest absolute Gasteiger partial charge is 0.305 e. The first-order valence-corrected chi connectivity index (χ1v) is 8.90. The first-order valence-electron chi connectivity index (χ1n) is 6.69. The van der Waals surface area contributed by atoms with Crippen molar-refractivity contribution in [1.82, 2.24) is 9.97 Å². The molecule has 1 amide bonds. The molecule has 2 aromatic rings. The van der Waals surface area contributed by atoms with Crippen molar-refractivity contribution in [2.24, 2.45) is 5.92 Å². The summed E-state index contributed by atoms with van der Waals surface area (Å²) >= 11 is 3.22. The minimum atomic E-state index is 0.00772. The smallest absolute Gasteiger partial charge is 0.231 e. The minimum Gasteiger partial charge on any atom is -0.305 e. The van der Waals surface area contributed by atoms with E-state index in [1.165, 1.54) is 11.3 Å². The fraction of sp³-hybridized carbons (Fsp3) is 0.400. The van der Waals surface area contributed by atoms with Gasteiger partial charge in [-0.25, -0.2) is 4.98 Å². The molecule has 6 heteroatoms. The Labute approximate surface area is 133 Å². The monoisotopic (exact) mass is 321 g/mol. The van der Waals surface area contributed by atoms with E-state index in [4.69, 9.17) is 0 Å². The molecule has 4 nitrogen and oxygen atoms in total. The number of rotatable bonds is 5. The van der Waals surface area contributed by atoms with Gasteiger partial charge in [0.05, 0.1) is 5.69 Å². The molecule has 0 bridgehead atoms. The Hall–Kier alpha value is -1.40. The quantitative estimate of drug-likeness (QED) is 0.846. The summed E-state index contributed by atoms with van der Waals surface area (Å²) in [6.07, 6.45) is 5.55. The second-order valence-electron chi connectivity index (χ2n) is 4.90. The lowest BCUT2D eigenvalue weighted by Gasteiger charge is -2.19. The number of aromatic nitrogens is 2. The fourth-order valence-electron chi connectivity index (χ4n) is 2.06. The number of thioether (sulfide) groups is 1. The van der Waals surface area contributed by atoms with Gasteiger partial charge in [0, 0.05) is 36.7 Å². The molecule has 0 saturated heterocycles. The van der Waals surface area contributed by atoms with Crippen LogP contribution in [0.2, 0.25) is 0 Å². The summed E-state index contributed by atoms with van der Waals surface area (Å²) in [6, 6.07) is 3.87. The lowest BCUT2D eigenvalue weighted by molar-refractivity contribution is -0.120. The molecule has 0 aliphatic heterocycles. The molecule has 1 unspecified atom stereocenters. The molecule has 0 aromatic carbocycles. The van der Waals surface area contributed by atoms with Crippen LogP contribution in [-0.4, -0.2) is 34.9 Å². The van der Waals surface area contributed by atoms with Gasteiger partial charge in [0.1, 0.15) is 10.0 Å². The number of carbonyl (C=O) groups is 1. The summed E-state index contributed by atoms with van der Waals surface area (Å²) in [6.45, 7) is 3.91. The van der Waals surface area contributed by atoms with Crippen LogP contribution in [0.15, 0.2) is 24.5 Å². The highest BCUT2D eigenvalue weighted by Gasteiger charge is 2.22. The van der Waals surface area contributed by atoms with E-state index in [1.807, 2.05) is 39.3 Å². The van der Waals surface area contributed by atoms with Gasteiger partial charge in [-0.3, -0.25) is 9.78 Å². The molecule has 21 heavy (non-hydrogen) atoms. The maximum Gasteiger partial charge on any atom is 0.231 e. The number of nitrogens with zero attached hydrogens (tertiary/aromatic N) is 3. The zero-order valence-corrected chi connectivity index (χ0v) is 14.3. The third-order valence-corrected chi connectivity index (χ3v) is 5.27. The van der Waals surface area contributed by atoms with Gasteiger partial charge in [-0.05, 0) is 25.3 Å². The van der Waals surface area contributed by atoms with E-state index in [0.29, 0.717) is 0 Å². The highest BCUT2D eigenvalue weighted by atomic mass is 32.2. The summed E-state index contributed by atoms with van der Waals surface area (Å²) in [4.78, 5) is 22.8. The predicted octanol–water partition coefficient (Wildman–Crippen LogP) is 3.48.